The highest BCUT2D eigenvalue weighted by Gasteiger charge is 2.48. The summed E-state index contributed by atoms with van der Waals surface area (Å²) in [6.07, 6.45) is 1.96. The minimum Gasteiger partial charge on any atom is -0.488 e. The van der Waals surface area contributed by atoms with E-state index in [4.69, 9.17) is 9.47 Å². The fraction of sp³-hybridized carbons (Fsp3) is 0.600. The van der Waals surface area contributed by atoms with Gasteiger partial charge in [0.05, 0.1) is 19.3 Å². The molecule has 0 spiro atoms. The van der Waals surface area contributed by atoms with Crippen LogP contribution in [0.25, 0.3) is 0 Å². The molecule has 2 amide bonds. The van der Waals surface area contributed by atoms with Gasteiger partial charge >= 0.3 is 6.09 Å². The molecule has 2 N–H and O–H groups in total. The average Bonchev–Trinajstić information content (AvgIpc) is 3.32. The van der Waals surface area contributed by atoms with Gasteiger partial charge in [-0.3, -0.25) is 4.79 Å². The van der Waals surface area contributed by atoms with Crippen LogP contribution in [-0.2, 0) is 9.53 Å². The molecule has 4 atom stereocenters. The van der Waals surface area contributed by atoms with Crippen molar-refractivity contribution in [1.29, 1.82) is 0 Å². The van der Waals surface area contributed by atoms with E-state index < -0.39 is 6.09 Å². The average molecular weight is 374 g/mol. The number of carboxylic acid groups (broad SMARTS) is 1. The molecule has 1 aromatic carbocycles. The van der Waals surface area contributed by atoms with E-state index in [1.54, 1.807) is 6.92 Å². The van der Waals surface area contributed by atoms with Gasteiger partial charge in [0.25, 0.3) is 0 Å². The van der Waals surface area contributed by atoms with Gasteiger partial charge in [0.2, 0.25) is 5.91 Å². The Morgan fingerprint density at radius 1 is 1.30 bits per heavy atom. The van der Waals surface area contributed by atoms with Crippen molar-refractivity contribution in [1.82, 2.24) is 5.32 Å². The van der Waals surface area contributed by atoms with Crippen LogP contribution >= 0.6 is 0 Å². The summed E-state index contributed by atoms with van der Waals surface area (Å²) in [5, 5.41) is 12.1. The van der Waals surface area contributed by atoms with Crippen molar-refractivity contribution >= 4 is 17.7 Å². The van der Waals surface area contributed by atoms with Crippen LogP contribution in [0.15, 0.2) is 18.2 Å². The maximum absolute atomic E-state index is 12.5. The lowest BCUT2D eigenvalue weighted by atomic mass is 9.80. The molecular formula is C20H26N2O5. The normalized spacial score (nSPS) is 29.9. The third kappa shape index (κ3) is 3.48. The number of benzene rings is 1. The van der Waals surface area contributed by atoms with E-state index in [9.17, 15) is 14.7 Å². The van der Waals surface area contributed by atoms with E-state index in [-0.39, 0.29) is 30.0 Å². The molecule has 0 bridgehead atoms. The maximum Gasteiger partial charge on any atom is 0.405 e. The van der Waals surface area contributed by atoms with Gasteiger partial charge in [-0.1, -0.05) is 6.92 Å². The Labute approximate surface area is 158 Å². The Hall–Kier alpha value is -2.28. The van der Waals surface area contributed by atoms with Gasteiger partial charge in [-0.05, 0) is 37.0 Å². The summed E-state index contributed by atoms with van der Waals surface area (Å²) in [6, 6.07) is 5.28. The summed E-state index contributed by atoms with van der Waals surface area (Å²) in [4.78, 5) is 25.8. The predicted molar refractivity (Wildman–Crippen MR) is 99.0 cm³/mol. The van der Waals surface area contributed by atoms with Crippen molar-refractivity contribution in [3.8, 4) is 5.75 Å². The Bertz CT molecular complexity index is 742. The summed E-state index contributed by atoms with van der Waals surface area (Å²) >= 11 is 0. The van der Waals surface area contributed by atoms with Crippen molar-refractivity contribution in [2.45, 2.75) is 51.3 Å². The molecule has 4 rings (SSSR count). The van der Waals surface area contributed by atoms with Crippen molar-refractivity contribution in [2.75, 3.05) is 18.1 Å². The highest BCUT2D eigenvalue weighted by molar-refractivity contribution is 5.94. The molecular weight excluding hydrogens is 348 g/mol. The van der Waals surface area contributed by atoms with Gasteiger partial charge in [-0.25, -0.2) is 4.79 Å². The van der Waals surface area contributed by atoms with Crippen molar-refractivity contribution in [3.05, 3.63) is 23.8 Å². The highest BCUT2D eigenvalue weighted by atomic mass is 16.5. The van der Waals surface area contributed by atoms with Gasteiger partial charge < -0.3 is 24.8 Å². The number of carbonyl (C=O) groups is 2. The second kappa shape index (κ2) is 7.03. The van der Waals surface area contributed by atoms with Crippen LogP contribution in [0.5, 0.6) is 5.75 Å². The van der Waals surface area contributed by atoms with Gasteiger partial charge in [-0.15, -0.1) is 0 Å². The quantitative estimate of drug-likeness (QED) is 0.846. The number of fused-ring (bicyclic) bond motifs is 1. The molecule has 1 saturated carbocycles. The summed E-state index contributed by atoms with van der Waals surface area (Å²) in [7, 11) is 0. The van der Waals surface area contributed by atoms with E-state index in [1.807, 2.05) is 30.0 Å². The van der Waals surface area contributed by atoms with Gasteiger partial charge in [0, 0.05) is 36.6 Å². The predicted octanol–water partition coefficient (Wildman–Crippen LogP) is 2.94. The first-order valence-electron chi connectivity index (χ1n) is 9.63. The van der Waals surface area contributed by atoms with Crippen LogP contribution in [0.3, 0.4) is 0 Å². The lowest BCUT2D eigenvalue weighted by molar-refractivity contribution is -0.117. The van der Waals surface area contributed by atoms with E-state index in [2.05, 4.69) is 5.32 Å². The number of rotatable bonds is 4. The first kappa shape index (κ1) is 18.1. The SMILES string of the molecule is CC(=O)N1c2ccc(OC3CCOC3)cc2[C@H](NC(=O)O)[C@@H](C)[C@H]1C1CC1. The zero-order valence-corrected chi connectivity index (χ0v) is 15.7. The summed E-state index contributed by atoms with van der Waals surface area (Å²) < 4.78 is 11.4. The third-order valence-electron chi connectivity index (χ3n) is 5.87. The minimum absolute atomic E-state index is 0.00774. The summed E-state index contributed by atoms with van der Waals surface area (Å²) in [5.41, 5.74) is 1.58. The lowest BCUT2D eigenvalue weighted by Gasteiger charge is -2.45. The van der Waals surface area contributed by atoms with Gasteiger partial charge in [0.15, 0.2) is 0 Å². The number of nitrogens with zero attached hydrogens (tertiary/aromatic N) is 1. The summed E-state index contributed by atoms with van der Waals surface area (Å²) in [6.45, 7) is 4.86. The minimum atomic E-state index is -1.06. The standard InChI is InChI=1S/C20H26N2O5/c1-11-18(21-20(24)25)16-9-14(27-15-7-8-26-10-15)5-6-17(16)22(12(2)23)19(11)13-3-4-13/h5-6,9,11,13,15,18-19,21H,3-4,7-8,10H2,1-2H3,(H,24,25)/t11-,15?,18-,19+/m1/s1. The van der Waals surface area contributed by atoms with Crippen LogP contribution < -0.4 is 15.0 Å². The Kier molecular flexibility index (Phi) is 4.72. The number of carbonyl (C=O) groups excluding carboxylic acids is 1. The van der Waals surface area contributed by atoms with Crippen LogP contribution in [0.2, 0.25) is 0 Å². The van der Waals surface area contributed by atoms with Crippen molar-refractivity contribution in [3.63, 3.8) is 0 Å². The largest absolute Gasteiger partial charge is 0.488 e. The Morgan fingerprint density at radius 2 is 2.07 bits per heavy atom. The molecule has 7 nitrogen and oxygen atoms in total. The molecule has 0 aromatic heterocycles. The molecule has 0 radical (unpaired) electrons. The third-order valence-corrected chi connectivity index (χ3v) is 5.87. The monoisotopic (exact) mass is 374 g/mol. The maximum atomic E-state index is 12.5. The van der Waals surface area contributed by atoms with Crippen LogP contribution in [0.1, 0.15) is 44.7 Å². The molecule has 1 unspecified atom stereocenters. The topological polar surface area (TPSA) is 88.1 Å². The number of ether oxygens (including phenoxy) is 2. The second-order valence-electron chi connectivity index (χ2n) is 7.83. The van der Waals surface area contributed by atoms with E-state index in [0.717, 1.165) is 30.5 Å². The van der Waals surface area contributed by atoms with Crippen LogP contribution in [0, 0.1) is 11.8 Å². The zero-order valence-electron chi connectivity index (χ0n) is 15.7. The molecule has 2 heterocycles. The first-order chi connectivity index (χ1) is 13.0. The molecule has 1 aliphatic carbocycles. The lowest BCUT2D eigenvalue weighted by Crippen LogP contribution is -2.53. The number of hydrogen-bond acceptors (Lipinski definition) is 4. The van der Waals surface area contributed by atoms with Gasteiger partial charge in [-0.2, -0.15) is 0 Å². The molecule has 7 heteroatoms. The molecule has 2 aliphatic heterocycles. The zero-order chi connectivity index (χ0) is 19.1. The molecule has 3 aliphatic rings. The number of nitrogens with one attached hydrogen (secondary N) is 1. The second-order valence-corrected chi connectivity index (χ2v) is 7.83. The fourth-order valence-electron chi connectivity index (χ4n) is 4.55. The van der Waals surface area contributed by atoms with Crippen LogP contribution in [0.4, 0.5) is 10.5 Å². The van der Waals surface area contributed by atoms with E-state index in [1.165, 1.54) is 0 Å². The van der Waals surface area contributed by atoms with E-state index in [0.29, 0.717) is 24.9 Å². The van der Waals surface area contributed by atoms with Crippen LogP contribution in [-0.4, -0.2) is 42.5 Å². The van der Waals surface area contributed by atoms with Gasteiger partial charge in [0.1, 0.15) is 11.9 Å². The molecule has 27 heavy (non-hydrogen) atoms. The molecule has 1 aromatic rings. The number of amides is 2. The summed E-state index contributed by atoms with van der Waals surface area (Å²) in [5.74, 6) is 1.09. The number of anilines is 1. The Morgan fingerprint density at radius 3 is 2.67 bits per heavy atom. The highest BCUT2D eigenvalue weighted by Crippen LogP contribution is 2.49. The van der Waals surface area contributed by atoms with E-state index >= 15 is 0 Å². The molecule has 146 valence electrons. The fourth-order valence-corrected chi connectivity index (χ4v) is 4.55. The number of hydrogen-bond donors (Lipinski definition) is 2. The Balaban J connectivity index is 1.73. The molecule has 2 fully saturated rings. The van der Waals surface area contributed by atoms with Crippen molar-refractivity contribution < 1.29 is 24.2 Å². The van der Waals surface area contributed by atoms with Crippen molar-refractivity contribution in [2.24, 2.45) is 11.8 Å². The molecule has 1 saturated heterocycles. The smallest absolute Gasteiger partial charge is 0.405 e. The first-order valence-corrected chi connectivity index (χ1v) is 9.63.